The Morgan fingerprint density at radius 1 is 1.24 bits per heavy atom. The molecule has 0 aliphatic heterocycles. The highest BCUT2D eigenvalue weighted by molar-refractivity contribution is 5.38. The number of hydrogen-bond donors (Lipinski definition) is 0. The van der Waals surface area contributed by atoms with Gasteiger partial charge in [-0.1, -0.05) is 30.4 Å². The summed E-state index contributed by atoms with van der Waals surface area (Å²) in [6, 6.07) is 6.90. The zero-order chi connectivity index (χ0) is 11.5. The number of hydrogen-bond acceptors (Lipinski definition) is 0. The zero-order valence-corrected chi connectivity index (χ0v) is 10.6. The van der Waals surface area contributed by atoms with Crippen molar-refractivity contribution in [3.05, 3.63) is 47.0 Å². The Labute approximate surface area is 104 Å². The molecular formula is C17H20. The molecule has 1 fully saturated rings. The Hall–Kier alpha value is -1.04. The molecule has 0 nitrogen and oxygen atoms in total. The minimum Gasteiger partial charge on any atom is -0.0851 e. The van der Waals surface area contributed by atoms with Crippen LogP contribution >= 0.6 is 0 Å². The summed E-state index contributed by atoms with van der Waals surface area (Å²) in [7, 11) is 0. The molecular weight excluding hydrogens is 204 g/mol. The Morgan fingerprint density at radius 2 is 2.18 bits per heavy atom. The van der Waals surface area contributed by atoms with Crippen LogP contribution in [0.2, 0.25) is 0 Å². The predicted octanol–water partition coefficient (Wildman–Crippen LogP) is 4.07. The molecule has 3 aliphatic carbocycles. The molecule has 0 amide bonds. The Balaban J connectivity index is 1.74. The number of aryl methyl sites for hydroxylation is 1. The fourth-order valence-electron chi connectivity index (χ4n) is 4.67. The lowest BCUT2D eigenvalue weighted by molar-refractivity contribution is 0.194. The van der Waals surface area contributed by atoms with Crippen molar-refractivity contribution in [1.82, 2.24) is 0 Å². The van der Waals surface area contributed by atoms with Crippen LogP contribution in [0.4, 0.5) is 0 Å². The van der Waals surface area contributed by atoms with Crippen molar-refractivity contribution < 1.29 is 0 Å². The van der Waals surface area contributed by atoms with Gasteiger partial charge in [0.05, 0.1) is 0 Å². The van der Waals surface area contributed by atoms with Crippen LogP contribution in [0, 0.1) is 24.2 Å². The van der Waals surface area contributed by atoms with Crippen LogP contribution in [0.1, 0.15) is 36.0 Å². The Bertz CT molecular complexity index is 497. The van der Waals surface area contributed by atoms with E-state index in [1.165, 1.54) is 37.7 Å². The molecule has 1 saturated carbocycles. The quantitative estimate of drug-likeness (QED) is 0.583. The Kier molecular flexibility index (Phi) is 1.90. The van der Waals surface area contributed by atoms with Gasteiger partial charge in [0, 0.05) is 0 Å². The van der Waals surface area contributed by atoms with Gasteiger partial charge in [0.15, 0.2) is 0 Å². The normalized spacial score (nSPS) is 37.7. The van der Waals surface area contributed by atoms with Gasteiger partial charge in [-0.15, -0.1) is 0 Å². The molecule has 3 unspecified atom stereocenters. The molecule has 3 atom stereocenters. The summed E-state index contributed by atoms with van der Waals surface area (Å²) in [5.41, 5.74) is 5.46. The molecule has 1 aromatic rings. The van der Waals surface area contributed by atoms with E-state index < -0.39 is 0 Å². The summed E-state index contributed by atoms with van der Waals surface area (Å²) in [6.45, 7) is 2.28. The monoisotopic (exact) mass is 224 g/mol. The molecule has 0 heterocycles. The number of benzene rings is 1. The summed E-state index contributed by atoms with van der Waals surface area (Å²) in [6.07, 6.45) is 12.0. The lowest BCUT2D eigenvalue weighted by Crippen LogP contribution is -2.33. The van der Waals surface area contributed by atoms with Crippen molar-refractivity contribution >= 4 is 0 Å². The first-order valence-corrected chi connectivity index (χ1v) is 7.03. The fraction of sp³-hybridized carbons (Fsp3) is 0.529. The van der Waals surface area contributed by atoms with Gasteiger partial charge in [0.2, 0.25) is 0 Å². The topological polar surface area (TPSA) is 0 Å². The first kappa shape index (κ1) is 9.94. The number of allylic oxidation sites excluding steroid dienone is 2. The van der Waals surface area contributed by atoms with Crippen molar-refractivity contribution in [1.29, 1.82) is 0 Å². The molecule has 2 bridgehead atoms. The van der Waals surface area contributed by atoms with Crippen molar-refractivity contribution in [3.63, 3.8) is 0 Å². The summed E-state index contributed by atoms with van der Waals surface area (Å²) in [4.78, 5) is 0. The lowest BCUT2D eigenvalue weighted by Gasteiger charge is -2.40. The predicted molar refractivity (Wildman–Crippen MR) is 71.0 cm³/mol. The highest BCUT2D eigenvalue weighted by atomic mass is 14.5. The molecule has 88 valence electrons. The average molecular weight is 224 g/mol. The van der Waals surface area contributed by atoms with Crippen LogP contribution in [-0.4, -0.2) is 0 Å². The van der Waals surface area contributed by atoms with Crippen LogP contribution in [0.5, 0.6) is 0 Å². The average Bonchev–Trinajstić information content (AvgIpc) is 2.89. The van der Waals surface area contributed by atoms with E-state index in [1.54, 1.807) is 11.1 Å². The summed E-state index contributed by atoms with van der Waals surface area (Å²) in [5, 5.41) is 0. The van der Waals surface area contributed by atoms with Gasteiger partial charge in [0.1, 0.15) is 0 Å². The first-order chi connectivity index (χ1) is 8.27. The van der Waals surface area contributed by atoms with E-state index in [0.29, 0.717) is 5.41 Å². The second kappa shape index (κ2) is 3.25. The van der Waals surface area contributed by atoms with E-state index in [0.717, 1.165) is 11.8 Å². The molecule has 1 aromatic carbocycles. The van der Waals surface area contributed by atoms with E-state index in [2.05, 4.69) is 37.3 Å². The van der Waals surface area contributed by atoms with Gasteiger partial charge in [-0.3, -0.25) is 0 Å². The maximum absolute atomic E-state index is 2.52. The van der Waals surface area contributed by atoms with Gasteiger partial charge in [-0.25, -0.2) is 0 Å². The minimum absolute atomic E-state index is 0.639. The van der Waals surface area contributed by atoms with Crippen molar-refractivity contribution in [2.45, 2.75) is 39.0 Å². The van der Waals surface area contributed by atoms with E-state index in [1.807, 2.05) is 0 Å². The van der Waals surface area contributed by atoms with Crippen LogP contribution in [0.15, 0.2) is 30.4 Å². The molecule has 0 heteroatoms. The SMILES string of the molecule is Cc1cccc2c1CCC1(C2)CC2C=CC1C2. The molecule has 0 saturated heterocycles. The molecule has 4 rings (SSSR count). The van der Waals surface area contributed by atoms with Gasteiger partial charge >= 0.3 is 0 Å². The second-order valence-corrected chi connectivity index (χ2v) is 6.44. The van der Waals surface area contributed by atoms with E-state index in [4.69, 9.17) is 0 Å². The largest absolute Gasteiger partial charge is 0.0851 e. The molecule has 0 N–H and O–H groups in total. The third-order valence-electron chi connectivity index (χ3n) is 5.55. The minimum atomic E-state index is 0.639. The third-order valence-corrected chi connectivity index (χ3v) is 5.55. The fourth-order valence-corrected chi connectivity index (χ4v) is 4.67. The highest BCUT2D eigenvalue weighted by Gasteiger charge is 2.49. The summed E-state index contributed by atoms with van der Waals surface area (Å²) >= 11 is 0. The smallest absolute Gasteiger partial charge is 0.0168 e. The molecule has 1 spiro atoms. The van der Waals surface area contributed by atoms with Crippen molar-refractivity contribution in [3.8, 4) is 0 Å². The van der Waals surface area contributed by atoms with E-state index in [-0.39, 0.29) is 0 Å². The Morgan fingerprint density at radius 3 is 2.94 bits per heavy atom. The maximum Gasteiger partial charge on any atom is -0.0168 e. The lowest BCUT2D eigenvalue weighted by atomic mass is 9.64. The molecule has 0 radical (unpaired) electrons. The van der Waals surface area contributed by atoms with Crippen molar-refractivity contribution in [2.75, 3.05) is 0 Å². The summed E-state index contributed by atoms with van der Waals surface area (Å²) in [5.74, 6) is 1.80. The van der Waals surface area contributed by atoms with Crippen LogP contribution in [0.25, 0.3) is 0 Å². The standard InChI is InChI=1S/C17H20/c1-12-3-2-4-14-11-17(8-7-16(12)14)10-13-5-6-15(17)9-13/h2-6,13,15H,7-11H2,1H3. The third kappa shape index (κ3) is 1.30. The van der Waals surface area contributed by atoms with Gasteiger partial charge < -0.3 is 0 Å². The maximum atomic E-state index is 2.52. The molecule has 0 aromatic heterocycles. The summed E-state index contributed by atoms with van der Waals surface area (Å²) < 4.78 is 0. The first-order valence-electron chi connectivity index (χ1n) is 7.03. The van der Waals surface area contributed by atoms with Crippen molar-refractivity contribution in [2.24, 2.45) is 17.3 Å². The van der Waals surface area contributed by atoms with Crippen LogP contribution in [0.3, 0.4) is 0 Å². The van der Waals surface area contributed by atoms with Crippen LogP contribution in [-0.2, 0) is 12.8 Å². The van der Waals surface area contributed by atoms with Crippen LogP contribution < -0.4 is 0 Å². The van der Waals surface area contributed by atoms with Gasteiger partial charge in [-0.05, 0) is 73.0 Å². The zero-order valence-electron chi connectivity index (χ0n) is 10.6. The second-order valence-electron chi connectivity index (χ2n) is 6.44. The van der Waals surface area contributed by atoms with E-state index >= 15 is 0 Å². The molecule has 17 heavy (non-hydrogen) atoms. The molecule has 3 aliphatic rings. The van der Waals surface area contributed by atoms with E-state index in [9.17, 15) is 0 Å². The highest BCUT2D eigenvalue weighted by Crippen LogP contribution is 2.57. The number of fused-ring (bicyclic) bond motifs is 4. The number of rotatable bonds is 0. The van der Waals surface area contributed by atoms with Gasteiger partial charge in [0.25, 0.3) is 0 Å². The van der Waals surface area contributed by atoms with Gasteiger partial charge in [-0.2, -0.15) is 0 Å².